The van der Waals surface area contributed by atoms with Crippen LogP contribution in [0.2, 0.25) is 0 Å². The van der Waals surface area contributed by atoms with Crippen molar-refractivity contribution in [1.82, 2.24) is 9.88 Å². The number of nitrogens with zero attached hydrogens (tertiary/aromatic N) is 3. The Morgan fingerprint density at radius 3 is 2.96 bits per heavy atom. The van der Waals surface area contributed by atoms with Crippen LogP contribution in [0.3, 0.4) is 0 Å². The standard InChI is InChI=1S/C16H20N4O2S/c1-16(8-14(21)20(2)15(17)19-16)12-7-10(9-23-12)11-5-4-6-13(18-11)22-3/h4-7,10H,8-9H2,1-3H3,(H2,17,19)/t10?,16-/m0/s1. The van der Waals surface area contributed by atoms with E-state index in [0.29, 0.717) is 12.3 Å². The van der Waals surface area contributed by atoms with Crippen LogP contribution in [0, 0.1) is 0 Å². The first-order valence-corrected chi connectivity index (χ1v) is 8.39. The third-order valence-electron chi connectivity index (χ3n) is 4.21. The minimum Gasteiger partial charge on any atom is -0.481 e. The minimum absolute atomic E-state index is 0.00976. The van der Waals surface area contributed by atoms with Gasteiger partial charge in [-0.15, -0.1) is 11.8 Å². The van der Waals surface area contributed by atoms with E-state index in [0.717, 1.165) is 16.4 Å². The van der Waals surface area contributed by atoms with Crippen LogP contribution in [0.15, 0.2) is 34.2 Å². The Balaban J connectivity index is 1.88. The molecule has 3 heterocycles. The van der Waals surface area contributed by atoms with Crippen LogP contribution >= 0.6 is 11.8 Å². The number of nitrogens with two attached hydrogens (primary N) is 1. The first-order valence-electron chi connectivity index (χ1n) is 7.41. The number of pyridine rings is 1. The zero-order valence-corrected chi connectivity index (χ0v) is 14.3. The molecule has 6 nitrogen and oxygen atoms in total. The average molecular weight is 332 g/mol. The van der Waals surface area contributed by atoms with Crippen molar-refractivity contribution in [2.24, 2.45) is 10.7 Å². The summed E-state index contributed by atoms with van der Waals surface area (Å²) in [6.45, 7) is 1.96. The second-order valence-electron chi connectivity index (χ2n) is 5.93. The van der Waals surface area contributed by atoms with E-state index in [2.05, 4.69) is 16.1 Å². The van der Waals surface area contributed by atoms with Gasteiger partial charge in [-0.1, -0.05) is 12.1 Å². The summed E-state index contributed by atoms with van der Waals surface area (Å²) in [4.78, 5) is 23.7. The fourth-order valence-electron chi connectivity index (χ4n) is 2.77. The van der Waals surface area contributed by atoms with Gasteiger partial charge in [-0.2, -0.15) is 0 Å². The van der Waals surface area contributed by atoms with Crippen LogP contribution in [-0.4, -0.2) is 47.2 Å². The van der Waals surface area contributed by atoms with Crippen molar-refractivity contribution >= 4 is 23.6 Å². The molecule has 0 radical (unpaired) electrons. The summed E-state index contributed by atoms with van der Waals surface area (Å²) in [6, 6.07) is 5.76. The number of rotatable bonds is 3. The summed E-state index contributed by atoms with van der Waals surface area (Å²) in [7, 11) is 3.26. The molecule has 0 fully saturated rings. The Labute approximate surface area is 139 Å². The highest BCUT2D eigenvalue weighted by Gasteiger charge is 2.40. The van der Waals surface area contributed by atoms with Gasteiger partial charge in [0.1, 0.15) is 5.54 Å². The van der Waals surface area contributed by atoms with E-state index in [-0.39, 0.29) is 17.8 Å². The zero-order valence-electron chi connectivity index (χ0n) is 13.4. The van der Waals surface area contributed by atoms with E-state index in [4.69, 9.17) is 10.5 Å². The number of hydrogen-bond donors (Lipinski definition) is 1. The van der Waals surface area contributed by atoms with E-state index in [1.807, 2.05) is 25.1 Å². The maximum Gasteiger partial charge on any atom is 0.231 e. The predicted octanol–water partition coefficient (Wildman–Crippen LogP) is 1.74. The molecule has 3 rings (SSSR count). The summed E-state index contributed by atoms with van der Waals surface area (Å²) >= 11 is 1.72. The second-order valence-corrected chi connectivity index (χ2v) is 6.99. The van der Waals surface area contributed by atoms with Crippen molar-refractivity contribution in [3.05, 3.63) is 34.9 Å². The van der Waals surface area contributed by atoms with Crippen LogP contribution in [0.25, 0.3) is 0 Å². The van der Waals surface area contributed by atoms with E-state index >= 15 is 0 Å². The molecule has 1 aromatic heterocycles. The number of ether oxygens (including phenoxy) is 1. The Morgan fingerprint density at radius 1 is 1.48 bits per heavy atom. The second kappa shape index (κ2) is 5.88. The first kappa shape index (κ1) is 15.9. The highest BCUT2D eigenvalue weighted by molar-refractivity contribution is 8.03. The van der Waals surface area contributed by atoms with Gasteiger partial charge in [-0.3, -0.25) is 9.69 Å². The van der Waals surface area contributed by atoms with Crippen molar-refractivity contribution in [3.8, 4) is 5.88 Å². The molecule has 0 aliphatic carbocycles. The number of thioether (sulfide) groups is 1. The number of guanidine groups is 1. The molecular weight excluding hydrogens is 312 g/mol. The van der Waals surface area contributed by atoms with E-state index in [1.165, 1.54) is 4.90 Å². The van der Waals surface area contributed by atoms with Crippen molar-refractivity contribution in [2.75, 3.05) is 19.9 Å². The normalized spacial score (nSPS) is 27.7. The minimum atomic E-state index is -0.577. The smallest absolute Gasteiger partial charge is 0.231 e. The predicted molar refractivity (Wildman–Crippen MR) is 91.5 cm³/mol. The molecule has 2 aliphatic rings. The highest BCUT2D eigenvalue weighted by atomic mass is 32.2. The van der Waals surface area contributed by atoms with E-state index < -0.39 is 5.54 Å². The molecule has 1 amide bonds. The molecule has 1 unspecified atom stereocenters. The molecule has 23 heavy (non-hydrogen) atoms. The lowest BCUT2D eigenvalue weighted by Crippen LogP contribution is -2.48. The average Bonchev–Trinajstić information content (AvgIpc) is 3.03. The Bertz CT molecular complexity index is 703. The maximum absolute atomic E-state index is 12.1. The lowest BCUT2D eigenvalue weighted by atomic mass is 9.93. The van der Waals surface area contributed by atoms with Gasteiger partial charge >= 0.3 is 0 Å². The molecule has 2 aliphatic heterocycles. The van der Waals surface area contributed by atoms with Crippen LogP contribution in [0.1, 0.15) is 25.0 Å². The van der Waals surface area contributed by atoms with Gasteiger partial charge in [-0.25, -0.2) is 9.98 Å². The number of allylic oxidation sites excluding steroid dienone is 1. The molecule has 0 bridgehead atoms. The summed E-state index contributed by atoms with van der Waals surface area (Å²) in [6.07, 6.45) is 2.49. The molecule has 0 saturated carbocycles. The lowest BCUT2D eigenvalue weighted by molar-refractivity contribution is -0.128. The lowest BCUT2D eigenvalue weighted by Gasteiger charge is -2.33. The molecule has 0 saturated heterocycles. The van der Waals surface area contributed by atoms with Crippen LogP contribution in [0.4, 0.5) is 0 Å². The molecule has 0 spiro atoms. The molecule has 122 valence electrons. The van der Waals surface area contributed by atoms with E-state index in [9.17, 15) is 4.79 Å². The molecular formula is C16H20N4O2S. The van der Waals surface area contributed by atoms with Crippen molar-refractivity contribution in [1.29, 1.82) is 0 Å². The summed E-state index contributed by atoms with van der Waals surface area (Å²) in [5.74, 6) is 1.94. The topological polar surface area (TPSA) is 80.8 Å². The zero-order chi connectivity index (χ0) is 16.6. The Hall–Kier alpha value is -2.02. The maximum atomic E-state index is 12.1. The Kier molecular flexibility index (Phi) is 4.06. The van der Waals surface area contributed by atoms with Gasteiger partial charge in [0.25, 0.3) is 0 Å². The number of carbonyl (C=O) groups is 1. The number of methoxy groups -OCH3 is 1. The van der Waals surface area contributed by atoms with E-state index in [1.54, 1.807) is 25.9 Å². The quantitative estimate of drug-likeness (QED) is 0.912. The third-order valence-corrected chi connectivity index (χ3v) is 5.62. The van der Waals surface area contributed by atoms with Gasteiger partial charge in [0.15, 0.2) is 5.96 Å². The fourth-order valence-corrected chi connectivity index (χ4v) is 4.08. The SMILES string of the molecule is COc1cccc(C2C=C([C@]3(C)CC(=O)N(C)C(N)=N3)SC2)n1. The van der Waals surface area contributed by atoms with Gasteiger partial charge in [0.05, 0.1) is 19.2 Å². The highest BCUT2D eigenvalue weighted by Crippen LogP contribution is 2.44. The number of aromatic nitrogens is 1. The largest absolute Gasteiger partial charge is 0.481 e. The third kappa shape index (κ3) is 2.93. The number of aliphatic imine (C=N–C) groups is 1. The Morgan fingerprint density at radius 2 is 2.26 bits per heavy atom. The number of carbonyl (C=O) groups excluding carboxylic acids is 1. The molecule has 2 atom stereocenters. The summed E-state index contributed by atoms with van der Waals surface area (Å²) in [5.41, 5.74) is 6.27. The fraction of sp³-hybridized carbons (Fsp3) is 0.438. The van der Waals surface area contributed by atoms with Gasteiger partial charge in [-0.05, 0) is 13.0 Å². The first-order chi connectivity index (χ1) is 10.9. The van der Waals surface area contributed by atoms with Crippen molar-refractivity contribution < 1.29 is 9.53 Å². The van der Waals surface area contributed by atoms with Gasteiger partial charge < -0.3 is 10.5 Å². The van der Waals surface area contributed by atoms with Crippen LogP contribution in [0.5, 0.6) is 5.88 Å². The summed E-state index contributed by atoms with van der Waals surface area (Å²) < 4.78 is 5.19. The van der Waals surface area contributed by atoms with Gasteiger partial charge in [0, 0.05) is 29.7 Å². The number of hydrogen-bond acceptors (Lipinski definition) is 6. The van der Waals surface area contributed by atoms with Crippen LogP contribution < -0.4 is 10.5 Å². The van der Waals surface area contributed by atoms with Crippen LogP contribution in [-0.2, 0) is 4.79 Å². The van der Waals surface area contributed by atoms with Crippen molar-refractivity contribution in [3.63, 3.8) is 0 Å². The molecule has 1 aromatic rings. The summed E-state index contributed by atoms with van der Waals surface area (Å²) in [5, 5.41) is 0. The van der Waals surface area contributed by atoms with Gasteiger partial charge in [0.2, 0.25) is 11.8 Å². The van der Waals surface area contributed by atoms with Crippen molar-refractivity contribution in [2.45, 2.75) is 24.8 Å². The molecule has 7 heteroatoms. The molecule has 2 N–H and O–H groups in total. The monoisotopic (exact) mass is 332 g/mol. The molecule has 0 aromatic carbocycles. The number of amides is 1.